The molecule has 1 atom stereocenters. The summed E-state index contributed by atoms with van der Waals surface area (Å²) in [6, 6.07) is 10.4. The largest absolute Gasteiger partial charge is 0.392 e. The first-order chi connectivity index (χ1) is 12.8. The molecule has 140 valence electrons. The number of aliphatic hydroxyl groups excluding tert-OH is 1. The summed E-state index contributed by atoms with van der Waals surface area (Å²) in [6.45, 7) is 5.49. The standard InChI is InChI=1S/C21H29N3OS/c25-20(14-17-6-2-1-3-7-17)18-8-12-23(13-9-18)16-19-15-22-21(26-19)24-10-4-5-11-24/h1-3,6-7,15,18,20,25H,4-5,8-14,16H2/t20-/m1/s1. The second kappa shape index (κ2) is 8.51. The fourth-order valence-corrected chi connectivity index (χ4v) is 5.17. The molecule has 0 radical (unpaired) electrons. The second-order valence-electron chi connectivity index (χ2n) is 7.67. The number of hydrogen-bond acceptors (Lipinski definition) is 5. The minimum absolute atomic E-state index is 0.218. The number of piperidine rings is 1. The summed E-state index contributed by atoms with van der Waals surface area (Å²) in [5, 5.41) is 11.8. The summed E-state index contributed by atoms with van der Waals surface area (Å²) in [6.07, 6.45) is 7.40. The van der Waals surface area contributed by atoms with E-state index in [1.165, 1.54) is 28.4 Å². The first kappa shape index (κ1) is 18.0. The fraction of sp³-hybridized carbons (Fsp3) is 0.571. The van der Waals surface area contributed by atoms with E-state index in [9.17, 15) is 5.11 Å². The zero-order valence-electron chi connectivity index (χ0n) is 15.4. The number of likely N-dealkylation sites (tertiary alicyclic amines) is 1. The third-order valence-corrected chi connectivity index (χ3v) is 6.80. The van der Waals surface area contributed by atoms with Gasteiger partial charge in [-0.2, -0.15) is 0 Å². The van der Waals surface area contributed by atoms with Crippen LogP contribution in [-0.4, -0.2) is 47.3 Å². The van der Waals surface area contributed by atoms with Crippen molar-refractivity contribution in [3.8, 4) is 0 Å². The molecule has 4 nitrogen and oxygen atoms in total. The molecule has 1 aromatic heterocycles. The highest BCUT2D eigenvalue weighted by Crippen LogP contribution is 2.29. The second-order valence-corrected chi connectivity index (χ2v) is 8.77. The van der Waals surface area contributed by atoms with Crippen molar-refractivity contribution in [2.75, 3.05) is 31.1 Å². The van der Waals surface area contributed by atoms with E-state index in [1.54, 1.807) is 0 Å². The quantitative estimate of drug-likeness (QED) is 0.843. The van der Waals surface area contributed by atoms with Crippen molar-refractivity contribution in [3.63, 3.8) is 0 Å². The molecular formula is C21H29N3OS. The van der Waals surface area contributed by atoms with E-state index in [2.05, 4.69) is 45.2 Å². The Labute approximate surface area is 160 Å². The monoisotopic (exact) mass is 371 g/mol. The van der Waals surface area contributed by atoms with Gasteiger partial charge in [0.25, 0.3) is 0 Å². The van der Waals surface area contributed by atoms with E-state index < -0.39 is 0 Å². The zero-order valence-corrected chi connectivity index (χ0v) is 16.2. The molecule has 2 fully saturated rings. The molecule has 2 saturated heterocycles. The lowest BCUT2D eigenvalue weighted by Crippen LogP contribution is -2.37. The van der Waals surface area contributed by atoms with E-state index in [4.69, 9.17) is 0 Å². The van der Waals surface area contributed by atoms with Crippen LogP contribution in [0.2, 0.25) is 0 Å². The average molecular weight is 372 g/mol. The minimum Gasteiger partial charge on any atom is -0.392 e. The van der Waals surface area contributed by atoms with Gasteiger partial charge in [0.05, 0.1) is 6.10 Å². The Balaban J connectivity index is 1.24. The lowest BCUT2D eigenvalue weighted by Gasteiger charge is -2.34. The number of rotatable bonds is 6. The molecule has 0 aliphatic carbocycles. The number of aliphatic hydroxyl groups is 1. The van der Waals surface area contributed by atoms with Crippen LogP contribution < -0.4 is 4.90 Å². The number of anilines is 1. The molecule has 1 N–H and O–H groups in total. The zero-order chi connectivity index (χ0) is 17.8. The molecule has 0 unspecified atom stereocenters. The van der Waals surface area contributed by atoms with Crippen molar-refractivity contribution >= 4 is 16.5 Å². The van der Waals surface area contributed by atoms with Gasteiger partial charge >= 0.3 is 0 Å². The third kappa shape index (κ3) is 4.45. The third-order valence-electron chi connectivity index (χ3n) is 5.76. The molecule has 2 aliphatic rings. The highest BCUT2D eigenvalue weighted by atomic mass is 32.1. The Morgan fingerprint density at radius 2 is 1.81 bits per heavy atom. The Hall–Kier alpha value is -1.43. The number of nitrogens with zero attached hydrogens (tertiary/aromatic N) is 3. The van der Waals surface area contributed by atoms with Gasteiger partial charge in [-0.25, -0.2) is 4.98 Å². The summed E-state index contributed by atoms with van der Waals surface area (Å²) >= 11 is 1.86. The van der Waals surface area contributed by atoms with E-state index >= 15 is 0 Å². The fourth-order valence-electron chi connectivity index (χ4n) is 4.16. The molecule has 0 amide bonds. The van der Waals surface area contributed by atoms with Crippen LogP contribution in [0.4, 0.5) is 5.13 Å². The van der Waals surface area contributed by atoms with Crippen molar-refractivity contribution in [1.82, 2.24) is 9.88 Å². The van der Waals surface area contributed by atoms with Gasteiger partial charge in [-0.1, -0.05) is 30.3 Å². The molecule has 5 heteroatoms. The maximum atomic E-state index is 10.6. The highest BCUT2D eigenvalue weighted by molar-refractivity contribution is 7.15. The van der Waals surface area contributed by atoms with Gasteiger partial charge in [0.15, 0.2) is 5.13 Å². The summed E-state index contributed by atoms with van der Waals surface area (Å²) in [7, 11) is 0. The van der Waals surface area contributed by atoms with Gasteiger partial charge in [0.2, 0.25) is 0 Å². The lowest BCUT2D eigenvalue weighted by atomic mass is 9.88. The molecular weight excluding hydrogens is 342 g/mol. The number of aromatic nitrogens is 1. The van der Waals surface area contributed by atoms with Crippen LogP contribution >= 0.6 is 11.3 Å². The Morgan fingerprint density at radius 3 is 2.54 bits per heavy atom. The Bertz CT molecular complexity index is 676. The van der Waals surface area contributed by atoms with Crippen molar-refractivity contribution in [3.05, 3.63) is 47.0 Å². The smallest absolute Gasteiger partial charge is 0.185 e. The summed E-state index contributed by atoms with van der Waals surface area (Å²) in [5.74, 6) is 0.424. The van der Waals surface area contributed by atoms with Crippen LogP contribution in [0.5, 0.6) is 0 Å². The number of thiazole rings is 1. The normalized spacial score (nSPS) is 20.6. The van der Waals surface area contributed by atoms with E-state index in [-0.39, 0.29) is 6.10 Å². The first-order valence-electron chi connectivity index (χ1n) is 9.92. The van der Waals surface area contributed by atoms with Crippen LogP contribution in [0.25, 0.3) is 0 Å². The lowest BCUT2D eigenvalue weighted by molar-refractivity contribution is 0.0579. The van der Waals surface area contributed by atoms with Gasteiger partial charge in [0, 0.05) is 30.7 Å². The first-order valence-corrected chi connectivity index (χ1v) is 10.7. The number of hydrogen-bond donors (Lipinski definition) is 1. The van der Waals surface area contributed by atoms with Gasteiger partial charge in [-0.3, -0.25) is 4.90 Å². The molecule has 0 bridgehead atoms. The van der Waals surface area contributed by atoms with E-state index in [1.807, 2.05) is 17.4 Å². The van der Waals surface area contributed by atoms with Crippen LogP contribution in [0.1, 0.15) is 36.1 Å². The average Bonchev–Trinajstić information content (AvgIpc) is 3.35. The van der Waals surface area contributed by atoms with E-state index in [0.717, 1.165) is 52.0 Å². The predicted octanol–water partition coefficient (Wildman–Crippen LogP) is 3.56. The molecule has 3 heterocycles. The Morgan fingerprint density at radius 1 is 1.08 bits per heavy atom. The molecule has 1 aromatic carbocycles. The topological polar surface area (TPSA) is 39.6 Å². The highest BCUT2D eigenvalue weighted by Gasteiger charge is 2.26. The van der Waals surface area contributed by atoms with Gasteiger partial charge in [0.1, 0.15) is 0 Å². The SMILES string of the molecule is O[C@H](Cc1ccccc1)C1CCN(Cc2cnc(N3CCCC3)s2)CC1. The number of benzene rings is 1. The van der Waals surface area contributed by atoms with Gasteiger partial charge < -0.3 is 10.0 Å². The van der Waals surface area contributed by atoms with Gasteiger partial charge in [-0.05, 0) is 56.7 Å². The molecule has 26 heavy (non-hydrogen) atoms. The molecule has 0 spiro atoms. The van der Waals surface area contributed by atoms with Crippen molar-refractivity contribution in [1.29, 1.82) is 0 Å². The summed E-state index contributed by atoms with van der Waals surface area (Å²) < 4.78 is 0. The molecule has 0 saturated carbocycles. The maximum Gasteiger partial charge on any atom is 0.185 e. The Kier molecular flexibility index (Phi) is 5.88. The van der Waals surface area contributed by atoms with Crippen molar-refractivity contribution in [2.45, 2.75) is 44.8 Å². The van der Waals surface area contributed by atoms with Crippen LogP contribution in [0, 0.1) is 5.92 Å². The summed E-state index contributed by atoms with van der Waals surface area (Å²) in [4.78, 5) is 10.9. The van der Waals surface area contributed by atoms with Crippen molar-refractivity contribution in [2.24, 2.45) is 5.92 Å². The van der Waals surface area contributed by atoms with Crippen LogP contribution in [0.3, 0.4) is 0 Å². The molecule has 4 rings (SSSR count). The minimum atomic E-state index is -0.218. The summed E-state index contributed by atoms with van der Waals surface area (Å²) in [5.41, 5.74) is 1.24. The van der Waals surface area contributed by atoms with E-state index in [0.29, 0.717) is 5.92 Å². The van der Waals surface area contributed by atoms with Crippen LogP contribution in [0.15, 0.2) is 36.5 Å². The van der Waals surface area contributed by atoms with Gasteiger partial charge in [-0.15, -0.1) is 11.3 Å². The van der Waals surface area contributed by atoms with Crippen LogP contribution in [-0.2, 0) is 13.0 Å². The maximum absolute atomic E-state index is 10.6. The molecule has 2 aliphatic heterocycles. The molecule has 2 aromatic rings. The predicted molar refractivity (Wildman–Crippen MR) is 108 cm³/mol. The van der Waals surface area contributed by atoms with Crippen molar-refractivity contribution < 1.29 is 5.11 Å².